The third-order valence-electron chi connectivity index (χ3n) is 5.65. The summed E-state index contributed by atoms with van der Waals surface area (Å²) in [6.45, 7) is 8.00. The molecule has 2 saturated heterocycles. The summed E-state index contributed by atoms with van der Waals surface area (Å²) in [6.07, 6.45) is 7.94. The maximum atomic E-state index is 9.62. The molecule has 122 valence electrons. The number of hydrogen-bond acceptors (Lipinski definition) is 4. The largest absolute Gasteiger partial charge is 0.396 e. The molecule has 1 aromatic heterocycles. The minimum Gasteiger partial charge on any atom is -0.396 e. The molecule has 4 heteroatoms. The normalized spacial score (nSPS) is 22.2. The van der Waals surface area contributed by atoms with Crippen LogP contribution in [0.15, 0.2) is 18.3 Å². The van der Waals surface area contributed by atoms with Crippen LogP contribution in [0.2, 0.25) is 0 Å². The molecule has 0 spiro atoms. The Kier molecular flexibility index (Phi) is 4.99. The highest BCUT2D eigenvalue weighted by Crippen LogP contribution is 2.34. The zero-order valence-corrected chi connectivity index (χ0v) is 13.8. The van der Waals surface area contributed by atoms with Crippen LogP contribution in [0.3, 0.4) is 0 Å². The number of pyridine rings is 1. The molecular weight excluding hydrogens is 274 g/mol. The van der Waals surface area contributed by atoms with Gasteiger partial charge in [0.15, 0.2) is 0 Å². The van der Waals surface area contributed by atoms with Gasteiger partial charge in [-0.1, -0.05) is 13.0 Å². The van der Waals surface area contributed by atoms with E-state index in [-0.39, 0.29) is 5.41 Å². The average Bonchev–Trinajstić information content (AvgIpc) is 3.11. The molecule has 1 N–H and O–H groups in total. The van der Waals surface area contributed by atoms with Gasteiger partial charge in [-0.3, -0.25) is 4.90 Å². The molecular formula is C18H29N3O. The van der Waals surface area contributed by atoms with Gasteiger partial charge in [0.25, 0.3) is 0 Å². The fourth-order valence-corrected chi connectivity index (χ4v) is 3.71. The Bertz CT molecular complexity index is 454. The second-order valence-electron chi connectivity index (χ2n) is 7.01. The highest BCUT2D eigenvalue weighted by molar-refractivity contribution is 5.40. The molecule has 0 saturated carbocycles. The number of aromatic nitrogens is 1. The minimum atomic E-state index is 0.175. The summed E-state index contributed by atoms with van der Waals surface area (Å²) >= 11 is 0. The van der Waals surface area contributed by atoms with Crippen molar-refractivity contribution in [3.8, 4) is 0 Å². The molecule has 0 aromatic carbocycles. The van der Waals surface area contributed by atoms with E-state index < -0.39 is 0 Å². The van der Waals surface area contributed by atoms with Crippen molar-refractivity contribution in [1.82, 2.24) is 9.88 Å². The number of nitrogens with zero attached hydrogens (tertiary/aromatic N) is 3. The fourth-order valence-electron chi connectivity index (χ4n) is 3.71. The summed E-state index contributed by atoms with van der Waals surface area (Å²) in [5.74, 6) is 1.13. The van der Waals surface area contributed by atoms with Gasteiger partial charge in [-0.25, -0.2) is 4.98 Å². The quantitative estimate of drug-likeness (QED) is 0.908. The SMILES string of the molecule is CCC1(CO)CCN(Cc2ccc(N3CCCC3)nc2)CC1. The first-order valence-corrected chi connectivity index (χ1v) is 8.78. The van der Waals surface area contributed by atoms with Crippen molar-refractivity contribution in [2.24, 2.45) is 5.41 Å². The van der Waals surface area contributed by atoms with Crippen molar-refractivity contribution in [1.29, 1.82) is 0 Å². The van der Waals surface area contributed by atoms with Crippen molar-refractivity contribution in [2.45, 2.75) is 45.6 Å². The van der Waals surface area contributed by atoms with Gasteiger partial charge in [0.2, 0.25) is 0 Å². The molecule has 3 heterocycles. The van der Waals surface area contributed by atoms with Gasteiger partial charge in [0.05, 0.1) is 0 Å². The predicted octanol–water partition coefficient (Wildman–Crippen LogP) is 2.67. The van der Waals surface area contributed by atoms with Gasteiger partial charge in [0.1, 0.15) is 5.82 Å². The highest BCUT2D eigenvalue weighted by Gasteiger charge is 2.32. The summed E-state index contributed by atoms with van der Waals surface area (Å²) in [7, 11) is 0. The van der Waals surface area contributed by atoms with Gasteiger partial charge >= 0.3 is 0 Å². The zero-order valence-electron chi connectivity index (χ0n) is 13.8. The number of hydrogen-bond donors (Lipinski definition) is 1. The van der Waals surface area contributed by atoms with E-state index in [0.29, 0.717) is 6.61 Å². The van der Waals surface area contributed by atoms with Crippen LogP contribution in [0.4, 0.5) is 5.82 Å². The smallest absolute Gasteiger partial charge is 0.128 e. The van der Waals surface area contributed by atoms with Crippen molar-refractivity contribution in [2.75, 3.05) is 37.7 Å². The molecule has 0 aliphatic carbocycles. The molecule has 2 aliphatic rings. The molecule has 3 rings (SSSR count). The fraction of sp³-hybridized carbons (Fsp3) is 0.722. The Hall–Kier alpha value is -1.13. The third-order valence-corrected chi connectivity index (χ3v) is 5.65. The molecule has 0 amide bonds. The first-order valence-electron chi connectivity index (χ1n) is 8.78. The van der Waals surface area contributed by atoms with E-state index in [2.05, 4.69) is 33.8 Å². The molecule has 0 unspecified atom stereocenters. The van der Waals surface area contributed by atoms with Crippen LogP contribution in [0.1, 0.15) is 44.6 Å². The van der Waals surface area contributed by atoms with Crippen LogP contribution < -0.4 is 4.90 Å². The topological polar surface area (TPSA) is 39.6 Å². The van der Waals surface area contributed by atoms with Gasteiger partial charge in [-0.15, -0.1) is 0 Å². The standard InChI is InChI=1S/C18H29N3O/c1-2-18(15-22)7-11-20(12-8-18)14-16-5-6-17(19-13-16)21-9-3-4-10-21/h5-6,13,22H,2-4,7-12,14-15H2,1H3. The highest BCUT2D eigenvalue weighted by atomic mass is 16.3. The molecule has 1 aromatic rings. The van der Waals surface area contributed by atoms with E-state index in [9.17, 15) is 5.11 Å². The van der Waals surface area contributed by atoms with Crippen molar-refractivity contribution in [3.63, 3.8) is 0 Å². The maximum absolute atomic E-state index is 9.62. The van der Waals surface area contributed by atoms with Crippen LogP contribution in [-0.4, -0.2) is 47.8 Å². The van der Waals surface area contributed by atoms with E-state index in [1.807, 2.05) is 6.20 Å². The van der Waals surface area contributed by atoms with Gasteiger partial charge < -0.3 is 10.0 Å². The molecule has 0 radical (unpaired) electrons. The van der Waals surface area contributed by atoms with Gasteiger partial charge in [-0.05, 0) is 62.2 Å². The van der Waals surface area contributed by atoms with Crippen LogP contribution in [0, 0.1) is 5.41 Å². The Morgan fingerprint density at radius 3 is 2.41 bits per heavy atom. The van der Waals surface area contributed by atoms with E-state index >= 15 is 0 Å². The first kappa shape index (κ1) is 15.8. The molecule has 0 atom stereocenters. The Morgan fingerprint density at radius 2 is 1.86 bits per heavy atom. The predicted molar refractivity (Wildman–Crippen MR) is 90.0 cm³/mol. The third kappa shape index (κ3) is 3.44. The van der Waals surface area contributed by atoms with E-state index in [1.165, 1.54) is 18.4 Å². The molecule has 0 bridgehead atoms. The van der Waals surface area contributed by atoms with Crippen molar-refractivity contribution in [3.05, 3.63) is 23.9 Å². The van der Waals surface area contributed by atoms with Crippen LogP contribution >= 0.6 is 0 Å². The Morgan fingerprint density at radius 1 is 1.14 bits per heavy atom. The lowest BCUT2D eigenvalue weighted by Gasteiger charge is -2.40. The van der Waals surface area contributed by atoms with Gasteiger partial charge in [-0.2, -0.15) is 0 Å². The zero-order chi connectivity index (χ0) is 15.4. The summed E-state index contributed by atoms with van der Waals surface area (Å²) in [4.78, 5) is 9.52. The van der Waals surface area contributed by atoms with Crippen LogP contribution in [0.25, 0.3) is 0 Å². The lowest BCUT2D eigenvalue weighted by molar-refractivity contribution is 0.0382. The number of aliphatic hydroxyl groups is 1. The molecule has 4 nitrogen and oxygen atoms in total. The van der Waals surface area contributed by atoms with Crippen LogP contribution in [0.5, 0.6) is 0 Å². The molecule has 2 fully saturated rings. The summed E-state index contributed by atoms with van der Waals surface area (Å²) < 4.78 is 0. The second-order valence-corrected chi connectivity index (χ2v) is 7.01. The van der Waals surface area contributed by atoms with Gasteiger partial charge in [0, 0.05) is 32.4 Å². The molecule has 22 heavy (non-hydrogen) atoms. The average molecular weight is 303 g/mol. The van der Waals surface area contributed by atoms with Crippen molar-refractivity contribution < 1.29 is 5.11 Å². The Balaban J connectivity index is 1.53. The maximum Gasteiger partial charge on any atom is 0.128 e. The minimum absolute atomic E-state index is 0.175. The molecule has 2 aliphatic heterocycles. The van der Waals surface area contributed by atoms with E-state index in [1.54, 1.807) is 0 Å². The number of aliphatic hydroxyl groups excluding tert-OH is 1. The number of piperidine rings is 1. The van der Waals surface area contributed by atoms with Crippen molar-refractivity contribution >= 4 is 5.82 Å². The van der Waals surface area contributed by atoms with E-state index in [0.717, 1.165) is 57.8 Å². The summed E-state index contributed by atoms with van der Waals surface area (Å²) in [6, 6.07) is 4.41. The summed E-state index contributed by atoms with van der Waals surface area (Å²) in [5, 5.41) is 9.62. The number of anilines is 1. The number of rotatable bonds is 5. The lowest BCUT2D eigenvalue weighted by Crippen LogP contribution is -2.41. The second kappa shape index (κ2) is 6.97. The van der Waals surface area contributed by atoms with Crippen LogP contribution in [-0.2, 0) is 6.54 Å². The summed E-state index contributed by atoms with van der Waals surface area (Å²) in [5.41, 5.74) is 1.48. The van der Waals surface area contributed by atoms with E-state index in [4.69, 9.17) is 0 Å². The Labute approximate surface area is 134 Å². The first-order chi connectivity index (χ1) is 10.7. The number of likely N-dealkylation sites (tertiary alicyclic amines) is 1. The lowest BCUT2D eigenvalue weighted by atomic mass is 9.77. The monoisotopic (exact) mass is 303 g/mol.